The Balaban J connectivity index is 1.88. The van der Waals surface area contributed by atoms with Gasteiger partial charge in [0.2, 0.25) is 0 Å². The molecule has 0 aromatic carbocycles. The average Bonchev–Trinajstić information content (AvgIpc) is 2.43. The summed E-state index contributed by atoms with van der Waals surface area (Å²) in [6, 6.07) is 5.99. The van der Waals surface area contributed by atoms with Crippen LogP contribution in [0.5, 0.6) is 0 Å². The highest BCUT2D eigenvalue weighted by Crippen LogP contribution is 2.00. The Morgan fingerprint density at radius 1 is 1.26 bits per heavy atom. The van der Waals surface area contributed by atoms with Crippen molar-refractivity contribution in [1.82, 2.24) is 10.3 Å². The van der Waals surface area contributed by atoms with Crippen LogP contribution in [0.4, 0.5) is 0 Å². The molecule has 1 heterocycles. The van der Waals surface area contributed by atoms with E-state index < -0.39 is 0 Å². The Kier molecular flexibility index (Phi) is 8.64. The van der Waals surface area contributed by atoms with E-state index in [0.717, 1.165) is 44.5 Å². The molecule has 0 aliphatic heterocycles. The topological polar surface area (TPSA) is 51.2 Å². The summed E-state index contributed by atoms with van der Waals surface area (Å²) >= 11 is 0. The van der Waals surface area contributed by atoms with Crippen molar-refractivity contribution in [2.24, 2.45) is 0 Å². The van der Waals surface area contributed by atoms with Gasteiger partial charge in [-0.1, -0.05) is 12.5 Å². The Hall–Kier alpha value is -1.42. The average molecular weight is 264 g/mol. The maximum absolute atomic E-state index is 11.1. The van der Waals surface area contributed by atoms with Crippen molar-refractivity contribution in [1.29, 1.82) is 0 Å². The quantitative estimate of drug-likeness (QED) is 0.520. The molecule has 0 saturated heterocycles. The lowest BCUT2D eigenvalue weighted by Gasteiger charge is -2.04. The zero-order valence-corrected chi connectivity index (χ0v) is 11.7. The molecule has 0 aliphatic rings. The molecule has 0 radical (unpaired) electrons. The van der Waals surface area contributed by atoms with Crippen LogP contribution in [0, 0.1) is 0 Å². The maximum atomic E-state index is 11.1. The minimum atomic E-state index is -0.0781. The van der Waals surface area contributed by atoms with Gasteiger partial charge in [-0.05, 0) is 38.4 Å². The van der Waals surface area contributed by atoms with Crippen LogP contribution in [0.15, 0.2) is 24.4 Å². The first-order valence-electron chi connectivity index (χ1n) is 7.09. The third kappa shape index (κ3) is 8.32. The van der Waals surface area contributed by atoms with Crippen LogP contribution < -0.4 is 5.32 Å². The van der Waals surface area contributed by atoms with Gasteiger partial charge < -0.3 is 10.1 Å². The number of hydrogen-bond donors (Lipinski definition) is 1. The molecule has 106 valence electrons. The molecular formula is C15H24N2O2. The molecule has 1 aromatic rings. The summed E-state index contributed by atoms with van der Waals surface area (Å²) in [5.74, 6) is -0.0781. The van der Waals surface area contributed by atoms with Crippen molar-refractivity contribution in [3.63, 3.8) is 0 Å². The van der Waals surface area contributed by atoms with Gasteiger partial charge in [-0.2, -0.15) is 0 Å². The number of pyridine rings is 1. The number of carbonyl (C=O) groups excluding carboxylic acids is 1. The zero-order valence-electron chi connectivity index (χ0n) is 11.7. The standard InChI is InChI=1S/C15H24N2O2/c1-2-19-15(18)9-4-3-6-11-16-13-10-14-8-5-7-12-17-14/h5,7-8,12,16H,2-4,6,9-11,13H2,1H3. The Bertz CT molecular complexity index is 341. The number of carbonyl (C=O) groups is 1. The molecule has 19 heavy (non-hydrogen) atoms. The van der Waals surface area contributed by atoms with Gasteiger partial charge in [-0.3, -0.25) is 9.78 Å². The molecule has 0 atom stereocenters. The van der Waals surface area contributed by atoms with E-state index >= 15 is 0 Å². The number of rotatable bonds is 10. The summed E-state index contributed by atoms with van der Waals surface area (Å²) in [7, 11) is 0. The van der Waals surface area contributed by atoms with Gasteiger partial charge in [0.25, 0.3) is 0 Å². The van der Waals surface area contributed by atoms with Crippen molar-refractivity contribution >= 4 is 5.97 Å². The van der Waals surface area contributed by atoms with Crippen molar-refractivity contribution in [3.05, 3.63) is 30.1 Å². The van der Waals surface area contributed by atoms with Gasteiger partial charge in [0.15, 0.2) is 0 Å². The van der Waals surface area contributed by atoms with Crippen molar-refractivity contribution < 1.29 is 9.53 Å². The van der Waals surface area contributed by atoms with Crippen molar-refractivity contribution in [2.75, 3.05) is 19.7 Å². The fourth-order valence-corrected chi connectivity index (χ4v) is 1.82. The van der Waals surface area contributed by atoms with Gasteiger partial charge in [0.05, 0.1) is 6.61 Å². The number of unbranched alkanes of at least 4 members (excludes halogenated alkanes) is 2. The van der Waals surface area contributed by atoms with Crippen LogP contribution in [0.1, 0.15) is 38.3 Å². The van der Waals surface area contributed by atoms with E-state index in [0.29, 0.717) is 13.0 Å². The first kappa shape index (κ1) is 15.6. The van der Waals surface area contributed by atoms with Gasteiger partial charge in [-0.25, -0.2) is 0 Å². The highest BCUT2D eigenvalue weighted by molar-refractivity contribution is 5.69. The first-order chi connectivity index (χ1) is 9.33. The van der Waals surface area contributed by atoms with Crippen LogP contribution in [0.3, 0.4) is 0 Å². The molecule has 0 aliphatic carbocycles. The summed E-state index contributed by atoms with van der Waals surface area (Å²) in [5, 5.41) is 3.39. The predicted molar refractivity (Wildman–Crippen MR) is 75.9 cm³/mol. The van der Waals surface area contributed by atoms with E-state index in [-0.39, 0.29) is 5.97 Å². The molecule has 0 fully saturated rings. The molecule has 0 bridgehead atoms. The lowest BCUT2D eigenvalue weighted by molar-refractivity contribution is -0.143. The van der Waals surface area contributed by atoms with Gasteiger partial charge >= 0.3 is 5.97 Å². The molecule has 1 rings (SSSR count). The Morgan fingerprint density at radius 3 is 2.89 bits per heavy atom. The normalized spacial score (nSPS) is 10.4. The molecule has 0 saturated carbocycles. The smallest absolute Gasteiger partial charge is 0.305 e. The van der Waals surface area contributed by atoms with Crippen LogP contribution in [-0.4, -0.2) is 30.6 Å². The maximum Gasteiger partial charge on any atom is 0.305 e. The monoisotopic (exact) mass is 264 g/mol. The van der Waals surface area contributed by atoms with Crippen LogP contribution in [0.2, 0.25) is 0 Å². The summed E-state index contributed by atoms with van der Waals surface area (Å²) in [4.78, 5) is 15.4. The van der Waals surface area contributed by atoms with E-state index in [1.807, 2.05) is 31.3 Å². The second kappa shape index (κ2) is 10.5. The number of ether oxygens (including phenoxy) is 1. The van der Waals surface area contributed by atoms with Gasteiger partial charge in [0, 0.05) is 31.3 Å². The third-order valence-electron chi connectivity index (χ3n) is 2.82. The fraction of sp³-hybridized carbons (Fsp3) is 0.600. The van der Waals surface area contributed by atoms with E-state index in [4.69, 9.17) is 4.74 Å². The van der Waals surface area contributed by atoms with E-state index in [9.17, 15) is 4.79 Å². The lowest BCUT2D eigenvalue weighted by Crippen LogP contribution is -2.18. The first-order valence-corrected chi connectivity index (χ1v) is 7.09. The molecule has 0 amide bonds. The lowest BCUT2D eigenvalue weighted by atomic mass is 10.2. The molecule has 0 spiro atoms. The molecule has 1 aromatic heterocycles. The van der Waals surface area contributed by atoms with Crippen LogP contribution in [0.25, 0.3) is 0 Å². The molecule has 0 unspecified atom stereocenters. The number of esters is 1. The molecular weight excluding hydrogens is 240 g/mol. The Morgan fingerprint density at radius 2 is 2.16 bits per heavy atom. The zero-order chi connectivity index (χ0) is 13.8. The Labute approximate surface area is 115 Å². The summed E-state index contributed by atoms with van der Waals surface area (Å²) in [6.45, 7) is 4.27. The number of hydrogen-bond acceptors (Lipinski definition) is 4. The van der Waals surface area contributed by atoms with Crippen LogP contribution in [-0.2, 0) is 16.0 Å². The predicted octanol–water partition coefficient (Wildman–Crippen LogP) is 2.34. The molecule has 4 heteroatoms. The SMILES string of the molecule is CCOC(=O)CCCCCNCCc1ccccn1. The van der Waals surface area contributed by atoms with Crippen molar-refractivity contribution in [3.8, 4) is 0 Å². The second-order valence-electron chi connectivity index (χ2n) is 4.44. The summed E-state index contributed by atoms with van der Waals surface area (Å²) in [6.07, 6.45) is 6.41. The van der Waals surface area contributed by atoms with E-state index in [2.05, 4.69) is 10.3 Å². The number of aromatic nitrogens is 1. The minimum Gasteiger partial charge on any atom is -0.466 e. The van der Waals surface area contributed by atoms with Crippen LogP contribution >= 0.6 is 0 Å². The highest BCUT2D eigenvalue weighted by Gasteiger charge is 2.00. The second-order valence-corrected chi connectivity index (χ2v) is 4.44. The van der Waals surface area contributed by atoms with Crippen molar-refractivity contribution in [2.45, 2.75) is 39.0 Å². The minimum absolute atomic E-state index is 0.0781. The van der Waals surface area contributed by atoms with E-state index in [1.54, 1.807) is 0 Å². The molecule has 4 nitrogen and oxygen atoms in total. The van der Waals surface area contributed by atoms with Gasteiger partial charge in [0.1, 0.15) is 0 Å². The molecule has 1 N–H and O–H groups in total. The highest BCUT2D eigenvalue weighted by atomic mass is 16.5. The van der Waals surface area contributed by atoms with E-state index in [1.165, 1.54) is 0 Å². The largest absolute Gasteiger partial charge is 0.466 e. The number of nitrogens with zero attached hydrogens (tertiary/aromatic N) is 1. The number of nitrogens with one attached hydrogen (secondary N) is 1. The summed E-state index contributed by atoms with van der Waals surface area (Å²) < 4.78 is 4.87. The third-order valence-corrected chi connectivity index (χ3v) is 2.82. The summed E-state index contributed by atoms with van der Waals surface area (Å²) in [5.41, 5.74) is 1.12. The van der Waals surface area contributed by atoms with Gasteiger partial charge in [-0.15, -0.1) is 0 Å². The fourth-order valence-electron chi connectivity index (χ4n) is 1.82.